The number of amides is 2. The van der Waals surface area contributed by atoms with Crippen molar-refractivity contribution in [1.29, 1.82) is 0 Å². The number of imidazole rings is 1. The highest BCUT2D eigenvalue weighted by atomic mass is 16.6. The van der Waals surface area contributed by atoms with Crippen molar-refractivity contribution in [2.45, 2.75) is 26.4 Å². The third-order valence-electron chi connectivity index (χ3n) is 2.88. The van der Waals surface area contributed by atoms with Gasteiger partial charge in [-0.1, -0.05) is 0 Å². The van der Waals surface area contributed by atoms with Gasteiger partial charge in [0.1, 0.15) is 5.60 Å². The molecule has 0 saturated heterocycles. The van der Waals surface area contributed by atoms with E-state index >= 15 is 0 Å². The summed E-state index contributed by atoms with van der Waals surface area (Å²) in [5, 5.41) is 5.21. The van der Waals surface area contributed by atoms with Gasteiger partial charge < -0.3 is 20.4 Å². The number of nitrogens with one attached hydrogen (secondary N) is 2. The Bertz CT molecular complexity index is 744. The number of carbonyl (C=O) groups excluding carboxylic acids is 2. The third kappa shape index (κ3) is 4.73. The molecule has 0 saturated carbocycles. The summed E-state index contributed by atoms with van der Waals surface area (Å²) >= 11 is 0. The summed E-state index contributed by atoms with van der Waals surface area (Å²) in [7, 11) is 1.66. The van der Waals surface area contributed by atoms with E-state index in [0.29, 0.717) is 11.4 Å². The maximum atomic E-state index is 12.3. The smallest absolute Gasteiger partial charge is 0.413 e. The first-order chi connectivity index (χ1) is 11.1. The van der Waals surface area contributed by atoms with Gasteiger partial charge >= 0.3 is 6.09 Å². The van der Waals surface area contributed by atoms with Crippen molar-refractivity contribution < 1.29 is 14.3 Å². The number of hydrogen-bond donors (Lipinski definition) is 3. The molecule has 8 heteroatoms. The number of carbonyl (C=O) groups is 2. The number of aromatic nitrogens is 2. The van der Waals surface area contributed by atoms with E-state index in [9.17, 15) is 9.59 Å². The Morgan fingerprint density at radius 3 is 2.38 bits per heavy atom. The molecule has 128 valence electrons. The van der Waals surface area contributed by atoms with Crippen molar-refractivity contribution >= 4 is 29.2 Å². The molecule has 0 atom stereocenters. The lowest BCUT2D eigenvalue weighted by Crippen LogP contribution is -2.27. The zero-order chi connectivity index (χ0) is 17.9. The number of benzene rings is 1. The summed E-state index contributed by atoms with van der Waals surface area (Å²) in [5.74, 6) is -0.0217. The maximum absolute atomic E-state index is 12.3. The van der Waals surface area contributed by atoms with Crippen molar-refractivity contribution in [1.82, 2.24) is 9.55 Å². The predicted octanol–water partition coefficient (Wildman–Crippen LogP) is 2.60. The highest BCUT2D eigenvalue weighted by molar-refractivity contribution is 6.02. The van der Waals surface area contributed by atoms with Crippen LogP contribution in [0.15, 0.2) is 30.5 Å². The Labute approximate surface area is 140 Å². The van der Waals surface area contributed by atoms with Crippen LogP contribution >= 0.6 is 0 Å². The Morgan fingerprint density at radius 1 is 1.17 bits per heavy atom. The van der Waals surface area contributed by atoms with Crippen molar-refractivity contribution in [2.24, 2.45) is 7.05 Å². The van der Waals surface area contributed by atoms with Crippen LogP contribution < -0.4 is 16.4 Å². The van der Waals surface area contributed by atoms with Crippen LogP contribution in [-0.4, -0.2) is 27.2 Å². The molecule has 8 nitrogen and oxygen atoms in total. The van der Waals surface area contributed by atoms with Crippen LogP contribution in [0.5, 0.6) is 0 Å². The number of hydrogen-bond acceptors (Lipinski definition) is 5. The van der Waals surface area contributed by atoms with Gasteiger partial charge in [-0.25, -0.2) is 9.78 Å². The second-order valence-corrected chi connectivity index (χ2v) is 6.26. The Morgan fingerprint density at radius 2 is 1.79 bits per heavy atom. The lowest BCUT2D eigenvalue weighted by molar-refractivity contribution is 0.0635. The molecule has 0 radical (unpaired) electrons. The molecule has 0 fully saturated rings. The normalized spacial score (nSPS) is 11.0. The highest BCUT2D eigenvalue weighted by Gasteiger charge is 2.19. The number of rotatable bonds is 3. The molecular weight excluding hydrogens is 310 g/mol. The molecule has 1 heterocycles. The number of nitrogen functional groups attached to an aromatic ring is 1. The van der Waals surface area contributed by atoms with Crippen LogP contribution in [0.3, 0.4) is 0 Å². The van der Waals surface area contributed by atoms with Gasteiger partial charge in [-0.2, -0.15) is 0 Å². The molecule has 0 spiro atoms. The van der Waals surface area contributed by atoms with Crippen molar-refractivity contribution in [3.63, 3.8) is 0 Å². The van der Waals surface area contributed by atoms with E-state index in [2.05, 4.69) is 15.6 Å². The highest BCUT2D eigenvalue weighted by Crippen LogP contribution is 2.14. The van der Waals surface area contributed by atoms with Crippen molar-refractivity contribution in [3.8, 4) is 0 Å². The van der Waals surface area contributed by atoms with Crippen molar-refractivity contribution in [3.05, 3.63) is 36.3 Å². The number of nitrogens with zero attached hydrogens (tertiary/aromatic N) is 2. The van der Waals surface area contributed by atoms with Crippen LogP contribution in [-0.2, 0) is 11.8 Å². The second kappa shape index (κ2) is 6.61. The Balaban J connectivity index is 2.06. The summed E-state index contributed by atoms with van der Waals surface area (Å²) in [4.78, 5) is 28.1. The van der Waals surface area contributed by atoms with Gasteiger partial charge in [-0.3, -0.25) is 10.1 Å². The molecule has 0 aliphatic carbocycles. The molecule has 0 unspecified atom stereocenters. The minimum atomic E-state index is -0.633. The van der Waals surface area contributed by atoms with Crippen LogP contribution in [0.2, 0.25) is 0 Å². The Kier molecular flexibility index (Phi) is 4.77. The molecule has 0 aliphatic heterocycles. The molecule has 1 aromatic carbocycles. The monoisotopic (exact) mass is 331 g/mol. The molecule has 24 heavy (non-hydrogen) atoms. The van der Waals surface area contributed by atoms with E-state index in [1.54, 1.807) is 52.1 Å². The van der Waals surface area contributed by atoms with Gasteiger partial charge in [0.15, 0.2) is 5.82 Å². The topological polar surface area (TPSA) is 111 Å². The van der Waals surface area contributed by atoms with Gasteiger partial charge in [0.2, 0.25) is 5.82 Å². The average molecular weight is 331 g/mol. The van der Waals surface area contributed by atoms with E-state index in [4.69, 9.17) is 10.5 Å². The standard InChI is InChI=1S/C16H21N5O3/c1-16(2,3)24-15(23)20-12-9-21(4)13(19-12)14(22)18-11-7-5-10(17)6-8-11/h5-9H,17H2,1-4H3,(H,18,22)(H,20,23). The quantitative estimate of drug-likeness (QED) is 0.749. The number of ether oxygens (including phenoxy) is 1. The summed E-state index contributed by atoms with van der Waals surface area (Å²) in [5.41, 5.74) is 6.19. The Hall–Kier alpha value is -3.03. The van der Waals surface area contributed by atoms with E-state index in [1.807, 2.05) is 0 Å². The summed E-state index contributed by atoms with van der Waals surface area (Å²) in [6.07, 6.45) is 0.896. The number of anilines is 3. The summed E-state index contributed by atoms with van der Waals surface area (Å²) in [6, 6.07) is 6.75. The average Bonchev–Trinajstić information content (AvgIpc) is 2.80. The first kappa shape index (κ1) is 17.3. The van der Waals surface area contributed by atoms with E-state index in [-0.39, 0.29) is 11.6 Å². The number of nitrogens with two attached hydrogens (primary N) is 1. The summed E-state index contributed by atoms with van der Waals surface area (Å²) < 4.78 is 6.66. The molecular formula is C16H21N5O3. The summed E-state index contributed by atoms with van der Waals surface area (Å²) in [6.45, 7) is 5.28. The van der Waals surface area contributed by atoms with Crippen LogP contribution in [0.1, 0.15) is 31.4 Å². The molecule has 2 rings (SSSR count). The lowest BCUT2D eigenvalue weighted by atomic mass is 10.2. The molecule has 4 N–H and O–H groups in total. The molecule has 0 bridgehead atoms. The van der Waals surface area contributed by atoms with Gasteiger partial charge in [0.25, 0.3) is 5.91 Å². The maximum Gasteiger partial charge on any atom is 0.413 e. The van der Waals surface area contributed by atoms with Crippen LogP contribution in [0.25, 0.3) is 0 Å². The van der Waals surface area contributed by atoms with Gasteiger partial charge in [0, 0.05) is 24.6 Å². The van der Waals surface area contributed by atoms with Crippen molar-refractivity contribution in [2.75, 3.05) is 16.4 Å². The fourth-order valence-electron chi connectivity index (χ4n) is 1.90. The largest absolute Gasteiger partial charge is 0.444 e. The van der Waals surface area contributed by atoms with Gasteiger partial charge in [-0.15, -0.1) is 0 Å². The molecule has 2 amide bonds. The zero-order valence-electron chi connectivity index (χ0n) is 14.1. The molecule has 0 aliphatic rings. The van der Waals surface area contributed by atoms with Gasteiger partial charge in [0.05, 0.1) is 0 Å². The van der Waals surface area contributed by atoms with E-state index < -0.39 is 17.6 Å². The molecule has 2 aromatic rings. The van der Waals surface area contributed by atoms with Crippen LogP contribution in [0.4, 0.5) is 22.0 Å². The predicted molar refractivity (Wildman–Crippen MR) is 91.9 cm³/mol. The fraction of sp³-hybridized carbons (Fsp3) is 0.312. The zero-order valence-corrected chi connectivity index (χ0v) is 14.1. The van der Waals surface area contributed by atoms with E-state index in [0.717, 1.165) is 0 Å². The molecule has 1 aromatic heterocycles. The third-order valence-corrected chi connectivity index (χ3v) is 2.88. The fourth-order valence-corrected chi connectivity index (χ4v) is 1.90. The second-order valence-electron chi connectivity index (χ2n) is 6.26. The first-order valence-electron chi connectivity index (χ1n) is 7.34. The number of aryl methyl sites for hydroxylation is 1. The van der Waals surface area contributed by atoms with E-state index in [1.165, 1.54) is 10.8 Å². The SMILES string of the molecule is Cn1cc(NC(=O)OC(C)(C)C)nc1C(=O)Nc1ccc(N)cc1. The minimum absolute atomic E-state index is 0.151. The first-order valence-corrected chi connectivity index (χ1v) is 7.34. The lowest BCUT2D eigenvalue weighted by Gasteiger charge is -2.18. The van der Waals surface area contributed by atoms with Gasteiger partial charge in [-0.05, 0) is 45.0 Å². The minimum Gasteiger partial charge on any atom is -0.444 e. The van der Waals surface area contributed by atoms with Crippen LogP contribution in [0, 0.1) is 0 Å².